The van der Waals surface area contributed by atoms with E-state index in [1.807, 2.05) is 5.01 Å². The molecule has 25 heavy (non-hydrogen) atoms. The zero-order valence-electron chi connectivity index (χ0n) is 13.7. The molecule has 0 atom stereocenters. The zero-order valence-corrected chi connectivity index (χ0v) is 14.5. The predicted molar refractivity (Wildman–Crippen MR) is 91.1 cm³/mol. The Kier molecular flexibility index (Phi) is 5.29. The van der Waals surface area contributed by atoms with Crippen molar-refractivity contribution in [2.45, 2.75) is 29.3 Å². The number of nitro groups is 1. The minimum absolute atomic E-state index is 0.126. The highest BCUT2D eigenvalue weighted by Crippen LogP contribution is 2.34. The third-order valence-electron chi connectivity index (χ3n) is 3.90. The maximum Gasteiger partial charge on any atom is 0.284 e. The van der Waals surface area contributed by atoms with Crippen molar-refractivity contribution < 1.29 is 9.72 Å². The fraction of sp³-hybridized carbons (Fsp3) is 0.400. The molecule has 3 rings (SSSR count). The number of nitro benzene ring substituents is 1. The maximum atomic E-state index is 12.4. The van der Waals surface area contributed by atoms with Crippen LogP contribution in [0.2, 0.25) is 0 Å². The lowest BCUT2D eigenvalue weighted by Crippen LogP contribution is -2.45. The highest BCUT2D eigenvalue weighted by atomic mass is 32.2. The minimum atomic E-state index is -0.490. The van der Waals surface area contributed by atoms with Gasteiger partial charge in [-0.05, 0) is 36.7 Å². The lowest BCUT2D eigenvalue weighted by atomic mass is 10.1. The Bertz CT molecular complexity index is 787. The lowest BCUT2D eigenvalue weighted by molar-refractivity contribution is -0.387. The van der Waals surface area contributed by atoms with Gasteiger partial charge in [-0.15, -0.1) is 10.2 Å². The summed E-state index contributed by atoms with van der Waals surface area (Å²) in [5.74, 6) is -0.333. The van der Waals surface area contributed by atoms with Gasteiger partial charge < -0.3 is 4.57 Å². The summed E-state index contributed by atoms with van der Waals surface area (Å²) in [4.78, 5) is 23.7. The van der Waals surface area contributed by atoms with Crippen molar-refractivity contribution in [2.75, 3.05) is 13.1 Å². The first-order chi connectivity index (χ1) is 12.0. The second-order valence-electron chi connectivity index (χ2n) is 5.75. The van der Waals surface area contributed by atoms with Crippen LogP contribution in [0.15, 0.2) is 34.6 Å². The number of carbonyl (C=O) groups is 1. The number of hydrogen-bond acceptors (Lipinski definition) is 7. The van der Waals surface area contributed by atoms with E-state index in [4.69, 9.17) is 0 Å². The molecule has 1 saturated heterocycles. The molecule has 0 saturated carbocycles. The molecule has 132 valence electrons. The molecular formula is C15H18N6O3S. The molecule has 0 radical (unpaired) electrons. The van der Waals surface area contributed by atoms with E-state index in [1.165, 1.54) is 12.4 Å². The van der Waals surface area contributed by atoms with Crippen LogP contribution in [0.3, 0.4) is 0 Å². The molecule has 1 amide bonds. The van der Waals surface area contributed by atoms with Crippen molar-refractivity contribution in [3.63, 3.8) is 0 Å². The summed E-state index contributed by atoms with van der Waals surface area (Å²) in [5, 5.41) is 21.5. The highest BCUT2D eigenvalue weighted by molar-refractivity contribution is 7.99. The first-order valence-corrected chi connectivity index (χ1v) is 8.72. The molecule has 1 fully saturated rings. The zero-order chi connectivity index (χ0) is 17.8. The van der Waals surface area contributed by atoms with Gasteiger partial charge in [0.1, 0.15) is 6.33 Å². The number of rotatable bonds is 5. The number of benzene rings is 1. The monoisotopic (exact) mass is 362 g/mol. The van der Waals surface area contributed by atoms with Gasteiger partial charge in [-0.3, -0.25) is 20.3 Å². The summed E-state index contributed by atoms with van der Waals surface area (Å²) < 4.78 is 1.67. The molecule has 1 aliphatic heterocycles. The Labute approximate surface area is 148 Å². The molecular weight excluding hydrogens is 344 g/mol. The van der Waals surface area contributed by atoms with E-state index >= 15 is 0 Å². The predicted octanol–water partition coefficient (Wildman–Crippen LogP) is 2.01. The van der Waals surface area contributed by atoms with E-state index in [9.17, 15) is 14.9 Å². The third-order valence-corrected chi connectivity index (χ3v) is 5.02. The van der Waals surface area contributed by atoms with E-state index in [0.717, 1.165) is 44.1 Å². The third kappa shape index (κ3) is 4.15. The van der Waals surface area contributed by atoms with E-state index < -0.39 is 4.92 Å². The molecule has 2 aromatic rings. The number of nitrogens with zero attached hydrogens (tertiary/aromatic N) is 5. The first-order valence-electron chi connectivity index (χ1n) is 7.91. The number of amides is 1. The Morgan fingerprint density at radius 1 is 1.32 bits per heavy atom. The van der Waals surface area contributed by atoms with Gasteiger partial charge in [0.25, 0.3) is 11.6 Å². The van der Waals surface area contributed by atoms with Crippen LogP contribution in [-0.4, -0.2) is 43.7 Å². The van der Waals surface area contributed by atoms with Crippen LogP contribution >= 0.6 is 11.8 Å². The normalized spacial score (nSPS) is 15.1. The Balaban J connectivity index is 1.79. The summed E-state index contributed by atoms with van der Waals surface area (Å²) in [6, 6.07) is 4.46. The van der Waals surface area contributed by atoms with Gasteiger partial charge in [-0.2, -0.15) is 0 Å². The van der Waals surface area contributed by atoms with Gasteiger partial charge in [-0.25, -0.2) is 5.01 Å². The van der Waals surface area contributed by atoms with E-state index in [0.29, 0.717) is 10.1 Å². The van der Waals surface area contributed by atoms with E-state index in [-0.39, 0.29) is 17.2 Å². The van der Waals surface area contributed by atoms with Crippen molar-refractivity contribution in [1.29, 1.82) is 0 Å². The van der Waals surface area contributed by atoms with Crippen molar-refractivity contribution in [2.24, 2.45) is 7.05 Å². The second kappa shape index (κ2) is 7.62. The van der Waals surface area contributed by atoms with Crippen LogP contribution in [0.25, 0.3) is 0 Å². The van der Waals surface area contributed by atoms with E-state index in [1.54, 1.807) is 23.7 Å². The minimum Gasteiger partial charge on any atom is -0.311 e. The number of carbonyl (C=O) groups excluding carboxylic acids is 1. The number of aromatic nitrogens is 3. The Hall–Kier alpha value is -2.46. The second-order valence-corrected chi connectivity index (χ2v) is 6.76. The van der Waals surface area contributed by atoms with Crippen LogP contribution in [0.1, 0.15) is 29.6 Å². The largest absolute Gasteiger partial charge is 0.311 e. The SMILES string of the molecule is Cn1cnnc1Sc1ccc(C(=O)NN2CCCCC2)cc1[N+](=O)[O-]. The van der Waals surface area contributed by atoms with Crippen LogP contribution in [0, 0.1) is 10.1 Å². The molecule has 0 spiro atoms. The molecule has 1 aliphatic rings. The fourth-order valence-electron chi connectivity index (χ4n) is 2.56. The van der Waals surface area contributed by atoms with Gasteiger partial charge >= 0.3 is 0 Å². The number of aryl methyl sites for hydroxylation is 1. The summed E-state index contributed by atoms with van der Waals surface area (Å²) >= 11 is 1.14. The van der Waals surface area contributed by atoms with Crippen molar-refractivity contribution in [3.05, 3.63) is 40.2 Å². The van der Waals surface area contributed by atoms with Gasteiger partial charge in [-0.1, -0.05) is 6.42 Å². The molecule has 0 bridgehead atoms. The van der Waals surface area contributed by atoms with Crippen molar-refractivity contribution in [3.8, 4) is 0 Å². The molecule has 1 aromatic carbocycles. The van der Waals surface area contributed by atoms with Gasteiger partial charge in [0.05, 0.1) is 9.82 Å². The lowest BCUT2D eigenvalue weighted by Gasteiger charge is -2.26. The highest BCUT2D eigenvalue weighted by Gasteiger charge is 2.21. The Morgan fingerprint density at radius 2 is 2.08 bits per heavy atom. The Morgan fingerprint density at radius 3 is 2.72 bits per heavy atom. The number of hydrogen-bond donors (Lipinski definition) is 1. The molecule has 10 heteroatoms. The van der Waals surface area contributed by atoms with Crippen LogP contribution < -0.4 is 5.43 Å². The molecule has 1 aromatic heterocycles. The summed E-state index contributed by atoms with van der Waals surface area (Å²) in [7, 11) is 1.76. The summed E-state index contributed by atoms with van der Waals surface area (Å²) in [6.07, 6.45) is 4.75. The molecule has 9 nitrogen and oxygen atoms in total. The average molecular weight is 362 g/mol. The maximum absolute atomic E-state index is 12.4. The number of nitrogens with one attached hydrogen (secondary N) is 1. The van der Waals surface area contributed by atoms with Crippen LogP contribution in [0.4, 0.5) is 5.69 Å². The first kappa shape index (κ1) is 17.4. The molecule has 0 unspecified atom stereocenters. The smallest absolute Gasteiger partial charge is 0.284 e. The van der Waals surface area contributed by atoms with Crippen molar-refractivity contribution >= 4 is 23.4 Å². The number of piperidine rings is 1. The molecule has 1 N–H and O–H groups in total. The van der Waals surface area contributed by atoms with E-state index in [2.05, 4.69) is 15.6 Å². The van der Waals surface area contributed by atoms with Gasteiger partial charge in [0.2, 0.25) is 0 Å². The molecule has 2 heterocycles. The number of hydrazine groups is 1. The average Bonchev–Trinajstić information content (AvgIpc) is 3.00. The molecule has 0 aliphatic carbocycles. The van der Waals surface area contributed by atoms with Gasteiger partial charge in [0.15, 0.2) is 5.16 Å². The van der Waals surface area contributed by atoms with Crippen LogP contribution in [-0.2, 0) is 7.05 Å². The van der Waals surface area contributed by atoms with Gasteiger partial charge in [0, 0.05) is 31.8 Å². The summed E-state index contributed by atoms with van der Waals surface area (Å²) in [6.45, 7) is 1.60. The fourth-order valence-corrected chi connectivity index (χ4v) is 3.41. The quantitative estimate of drug-likeness (QED) is 0.640. The van der Waals surface area contributed by atoms with Crippen LogP contribution in [0.5, 0.6) is 0 Å². The van der Waals surface area contributed by atoms with Crippen molar-refractivity contribution in [1.82, 2.24) is 25.2 Å². The summed E-state index contributed by atoms with van der Waals surface area (Å²) in [5.41, 5.74) is 2.95. The topological polar surface area (TPSA) is 106 Å². The standard InChI is InChI=1S/C15H18N6O3S/c1-19-10-16-17-15(19)25-13-6-5-11(9-12(13)21(23)24)14(22)18-20-7-3-2-4-8-20/h5-6,9-10H,2-4,7-8H2,1H3,(H,18,22).